The largest absolute Gasteiger partial charge is 0.374 e. The molecule has 0 amide bonds. The molecule has 0 spiro atoms. The van der Waals surface area contributed by atoms with E-state index in [1.807, 2.05) is 0 Å². The summed E-state index contributed by atoms with van der Waals surface area (Å²) in [5.41, 5.74) is 5.51. The Morgan fingerprint density at radius 1 is 1.39 bits per heavy atom. The third kappa shape index (κ3) is 2.92. The van der Waals surface area contributed by atoms with Crippen molar-refractivity contribution < 1.29 is 13.2 Å². The van der Waals surface area contributed by atoms with E-state index >= 15 is 0 Å². The molecule has 2 N–H and O–H groups in total. The van der Waals surface area contributed by atoms with E-state index in [4.69, 9.17) is 10.5 Å². The van der Waals surface area contributed by atoms with Gasteiger partial charge in [0.1, 0.15) is 0 Å². The topological polar surface area (TPSA) is 72.6 Å². The van der Waals surface area contributed by atoms with Crippen LogP contribution in [0.1, 0.15) is 0 Å². The fraction of sp³-hybridized carbons (Fsp3) is 0.455. The minimum Gasteiger partial charge on any atom is -0.374 e. The summed E-state index contributed by atoms with van der Waals surface area (Å²) < 4.78 is 32.4. The van der Waals surface area contributed by atoms with Crippen molar-refractivity contribution >= 4 is 26.0 Å². The summed E-state index contributed by atoms with van der Waals surface area (Å²) in [6.45, 7) is 1.40. The normalized spacial score (nSPS) is 22.0. The molecule has 1 saturated heterocycles. The molecule has 0 saturated carbocycles. The van der Waals surface area contributed by atoms with Crippen LogP contribution in [0.15, 0.2) is 33.6 Å². The van der Waals surface area contributed by atoms with Crippen molar-refractivity contribution in [2.24, 2.45) is 5.73 Å². The number of halogens is 1. The van der Waals surface area contributed by atoms with E-state index in [0.717, 1.165) is 4.47 Å². The Hall–Kier alpha value is -0.470. The molecule has 5 nitrogen and oxygen atoms in total. The van der Waals surface area contributed by atoms with Crippen molar-refractivity contribution in [1.29, 1.82) is 0 Å². The number of sulfonamides is 1. The van der Waals surface area contributed by atoms with Crippen LogP contribution in [-0.4, -0.2) is 45.1 Å². The summed E-state index contributed by atoms with van der Waals surface area (Å²) in [4.78, 5) is 0.295. The van der Waals surface area contributed by atoms with Crippen LogP contribution in [0.4, 0.5) is 0 Å². The van der Waals surface area contributed by atoms with Crippen LogP contribution in [0.5, 0.6) is 0 Å². The maximum atomic E-state index is 12.4. The zero-order chi connectivity index (χ0) is 13.2. The molecule has 0 aromatic heterocycles. The average Bonchev–Trinajstić information content (AvgIpc) is 2.39. The van der Waals surface area contributed by atoms with Gasteiger partial charge >= 0.3 is 0 Å². The fourth-order valence-electron chi connectivity index (χ4n) is 1.81. The van der Waals surface area contributed by atoms with Gasteiger partial charge < -0.3 is 10.5 Å². The van der Waals surface area contributed by atoms with Crippen LogP contribution in [0.2, 0.25) is 0 Å². The first kappa shape index (κ1) is 14.0. The molecule has 1 aliphatic rings. The second-order valence-corrected chi connectivity index (χ2v) is 6.90. The smallest absolute Gasteiger partial charge is 0.243 e. The van der Waals surface area contributed by atoms with E-state index in [-0.39, 0.29) is 6.10 Å². The lowest BCUT2D eigenvalue weighted by atomic mass is 10.3. The summed E-state index contributed by atoms with van der Waals surface area (Å²) in [6.07, 6.45) is -0.219. The van der Waals surface area contributed by atoms with Gasteiger partial charge in [-0.2, -0.15) is 4.31 Å². The summed E-state index contributed by atoms with van der Waals surface area (Å²) in [7, 11) is -3.44. The minimum absolute atomic E-state index is 0.219. The Morgan fingerprint density at radius 2 is 2.06 bits per heavy atom. The van der Waals surface area contributed by atoms with Gasteiger partial charge in [-0.15, -0.1) is 0 Å². The van der Waals surface area contributed by atoms with Crippen LogP contribution in [0.25, 0.3) is 0 Å². The summed E-state index contributed by atoms with van der Waals surface area (Å²) in [6, 6.07) is 6.61. The van der Waals surface area contributed by atoms with Gasteiger partial charge in [0.15, 0.2) is 0 Å². The number of hydrogen-bond acceptors (Lipinski definition) is 4. The highest BCUT2D eigenvalue weighted by Crippen LogP contribution is 2.20. The molecule has 1 aliphatic heterocycles. The number of benzene rings is 1. The Morgan fingerprint density at radius 3 is 2.67 bits per heavy atom. The molecular formula is C11H15BrN2O3S. The number of nitrogens with zero attached hydrogens (tertiary/aromatic N) is 1. The lowest BCUT2D eigenvalue weighted by Crippen LogP contribution is -2.48. The zero-order valence-corrected chi connectivity index (χ0v) is 12.2. The number of hydrogen-bond donors (Lipinski definition) is 1. The highest BCUT2D eigenvalue weighted by atomic mass is 79.9. The van der Waals surface area contributed by atoms with Gasteiger partial charge in [-0.3, -0.25) is 0 Å². The third-order valence-corrected chi connectivity index (χ3v) is 5.22. The van der Waals surface area contributed by atoms with E-state index in [9.17, 15) is 8.42 Å². The van der Waals surface area contributed by atoms with Gasteiger partial charge in [-0.05, 0) is 24.3 Å². The molecule has 0 bridgehead atoms. The van der Waals surface area contributed by atoms with Gasteiger partial charge in [0.2, 0.25) is 10.0 Å². The van der Waals surface area contributed by atoms with Crippen molar-refractivity contribution in [3.8, 4) is 0 Å². The maximum absolute atomic E-state index is 12.4. The van der Waals surface area contributed by atoms with E-state index in [2.05, 4.69) is 15.9 Å². The van der Waals surface area contributed by atoms with E-state index in [1.54, 1.807) is 24.3 Å². The number of ether oxygens (including phenoxy) is 1. The van der Waals surface area contributed by atoms with Crippen LogP contribution in [0.3, 0.4) is 0 Å². The molecule has 100 valence electrons. The summed E-state index contributed by atoms with van der Waals surface area (Å²) in [5.74, 6) is 0. The zero-order valence-electron chi connectivity index (χ0n) is 9.75. The molecule has 1 heterocycles. The predicted molar refractivity (Wildman–Crippen MR) is 71.7 cm³/mol. The molecule has 2 rings (SSSR count). The van der Waals surface area contributed by atoms with Crippen molar-refractivity contribution in [2.45, 2.75) is 11.0 Å². The lowest BCUT2D eigenvalue weighted by molar-refractivity contribution is 0.00450. The molecule has 1 atom stereocenters. The number of morpholine rings is 1. The monoisotopic (exact) mass is 334 g/mol. The van der Waals surface area contributed by atoms with Crippen LogP contribution in [0, 0.1) is 0 Å². The first-order valence-corrected chi connectivity index (χ1v) is 7.85. The summed E-state index contributed by atoms with van der Waals surface area (Å²) in [5, 5.41) is 0. The maximum Gasteiger partial charge on any atom is 0.243 e. The first-order chi connectivity index (χ1) is 8.54. The van der Waals surface area contributed by atoms with Gasteiger partial charge in [0, 0.05) is 24.1 Å². The Balaban J connectivity index is 2.22. The van der Waals surface area contributed by atoms with Crippen LogP contribution >= 0.6 is 15.9 Å². The molecular weight excluding hydrogens is 320 g/mol. The molecule has 18 heavy (non-hydrogen) atoms. The van der Waals surface area contributed by atoms with Crippen molar-refractivity contribution in [1.82, 2.24) is 4.31 Å². The molecule has 0 aliphatic carbocycles. The second-order valence-electron chi connectivity index (χ2n) is 4.05. The van der Waals surface area contributed by atoms with Gasteiger partial charge in [0.05, 0.1) is 17.6 Å². The van der Waals surface area contributed by atoms with Crippen molar-refractivity contribution in [2.75, 3.05) is 26.2 Å². The SMILES string of the molecule is NCC1CN(S(=O)(=O)c2ccc(Br)cc2)CCO1. The first-order valence-electron chi connectivity index (χ1n) is 5.61. The van der Waals surface area contributed by atoms with Crippen LogP contribution < -0.4 is 5.73 Å². The Kier molecular flexibility index (Phi) is 4.39. The van der Waals surface area contributed by atoms with Gasteiger partial charge in [-0.1, -0.05) is 15.9 Å². The second kappa shape index (κ2) is 5.66. The molecule has 1 aromatic carbocycles. The summed E-state index contributed by atoms with van der Waals surface area (Å²) >= 11 is 3.28. The van der Waals surface area contributed by atoms with E-state index < -0.39 is 10.0 Å². The quantitative estimate of drug-likeness (QED) is 0.887. The van der Waals surface area contributed by atoms with Gasteiger partial charge in [-0.25, -0.2) is 8.42 Å². The van der Waals surface area contributed by atoms with E-state index in [0.29, 0.717) is 31.1 Å². The highest BCUT2D eigenvalue weighted by Gasteiger charge is 2.30. The Labute approximate surface area is 115 Å². The molecule has 7 heteroatoms. The standard InChI is InChI=1S/C11H15BrN2O3S/c12-9-1-3-11(4-2-9)18(15,16)14-5-6-17-10(7-13)8-14/h1-4,10H,5-8,13H2. The highest BCUT2D eigenvalue weighted by molar-refractivity contribution is 9.10. The third-order valence-electron chi connectivity index (χ3n) is 2.82. The predicted octanol–water partition coefficient (Wildman–Crippen LogP) is 0.797. The number of rotatable bonds is 3. The molecule has 1 fully saturated rings. The molecule has 1 unspecified atom stereocenters. The fourth-order valence-corrected chi connectivity index (χ4v) is 3.53. The average molecular weight is 335 g/mol. The number of nitrogens with two attached hydrogens (primary N) is 1. The van der Waals surface area contributed by atoms with Crippen molar-refractivity contribution in [3.05, 3.63) is 28.7 Å². The van der Waals surface area contributed by atoms with Crippen molar-refractivity contribution in [3.63, 3.8) is 0 Å². The molecule has 1 aromatic rings. The molecule has 0 radical (unpaired) electrons. The lowest BCUT2D eigenvalue weighted by Gasteiger charge is -2.31. The van der Waals surface area contributed by atoms with Gasteiger partial charge in [0.25, 0.3) is 0 Å². The van der Waals surface area contributed by atoms with E-state index in [1.165, 1.54) is 4.31 Å². The van der Waals surface area contributed by atoms with Crippen LogP contribution in [-0.2, 0) is 14.8 Å². The Bertz CT molecular complexity index is 504. The minimum atomic E-state index is -3.44.